The van der Waals surface area contributed by atoms with E-state index < -0.39 is 0 Å². The normalized spacial score (nSPS) is 24.8. The zero-order chi connectivity index (χ0) is 20.6. The van der Waals surface area contributed by atoms with E-state index in [1.54, 1.807) is 11.8 Å². The van der Waals surface area contributed by atoms with Gasteiger partial charge in [0.05, 0.1) is 5.69 Å². The van der Waals surface area contributed by atoms with E-state index in [1.165, 1.54) is 0 Å². The maximum Gasteiger partial charge on any atom is 0.223 e. The molecule has 1 saturated heterocycles. The Bertz CT molecular complexity index is 1040. The predicted molar refractivity (Wildman–Crippen MR) is 120 cm³/mol. The van der Waals surface area contributed by atoms with Gasteiger partial charge in [0.25, 0.3) is 0 Å². The van der Waals surface area contributed by atoms with Crippen molar-refractivity contribution in [1.29, 1.82) is 0 Å². The van der Waals surface area contributed by atoms with Crippen LogP contribution in [0.3, 0.4) is 0 Å². The first kappa shape index (κ1) is 18.9. The summed E-state index contributed by atoms with van der Waals surface area (Å²) < 4.78 is 11.5. The van der Waals surface area contributed by atoms with Crippen molar-refractivity contribution in [2.75, 3.05) is 31.6 Å². The number of amidine groups is 1. The molecule has 2 atom stereocenters. The average Bonchev–Trinajstić information content (AvgIpc) is 3.41. The molecule has 31 heavy (non-hydrogen) atoms. The van der Waals surface area contributed by atoms with Crippen molar-refractivity contribution in [3.8, 4) is 11.5 Å². The smallest absolute Gasteiger partial charge is 0.223 e. The summed E-state index contributed by atoms with van der Waals surface area (Å²) in [4.78, 5) is 16.6. The van der Waals surface area contributed by atoms with Gasteiger partial charge in [-0.05, 0) is 55.1 Å². The van der Waals surface area contributed by atoms with Crippen LogP contribution in [0.2, 0.25) is 0 Å². The number of hydrogen-bond acceptors (Lipinski definition) is 9. The lowest BCUT2D eigenvalue weighted by Crippen LogP contribution is -2.35. The van der Waals surface area contributed by atoms with Crippen LogP contribution in [0, 0.1) is 0 Å². The molecule has 1 fully saturated rings. The summed E-state index contributed by atoms with van der Waals surface area (Å²) >= 11 is 1.64. The summed E-state index contributed by atoms with van der Waals surface area (Å²) in [6, 6.07) is 8.42. The SMILES string of the molecule is C1=CN2C(=NC(c3ccc4c(c3)OCCO4)C2c2ccnc(NC3CCNCC3)n2)S1. The van der Waals surface area contributed by atoms with E-state index in [2.05, 4.69) is 44.3 Å². The number of nitrogens with zero attached hydrogens (tertiary/aromatic N) is 4. The molecular formula is C22H24N6O2S. The second kappa shape index (κ2) is 8.05. The lowest BCUT2D eigenvalue weighted by Gasteiger charge is -2.27. The topological polar surface area (TPSA) is 83.9 Å². The van der Waals surface area contributed by atoms with E-state index in [4.69, 9.17) is 19.5 Å². The molecule has 2 aromatic rings. The molecule has 4 aliphatic heterocycles. The van der Waals surface area contributed by atoms with Crippen LogP contribution in [0.5, 0.6) is 11.5 Å². The predicted octanol–water partition coefficient (Wildman–Crippen LogP) is 3.08. The summed E-state index contributed by atoms with van der Waals surface area (Å²) in [6.07, 6.45) is 6.09. The van der Waals surface area contributed by atoms with Crippen molar-refractivity contribution in [3.63, 3.8) is 0 Å². The van der Waals surface area contributed by atoms with Gasteiger partial charge in [0, 0.05) is 18.4 Å². The van der Waals surface area contributed by atoms with Crippen molar-refractivity contribution in [3.05, 3.63) is 53.3 Å². The molecule has 0 aliphatic carbocycles. The molecule has 4 aliphatic rings. The summed E-state index contributed by atoms with van der Waals surface area (Å²) in [6.45, 7) is 3.21. The highest BCUT2D eigenvalue weighted by Crippen LogP contribution is 2.47. The number of benzene rings is 1. The summed E-state index contributed by atoms with van der Waals surface area (Å²) in [5, 5.41) is 9.99. The second-order valence-corrected chi connectivity index (χ2v) is 8.86. The summed E-state index contributed by atoms with van der Waals surface area (Å²) in [5.41, 5.74) is 2.05. The third kappa shape index (κ3) is 3.61. The van der Waals surface area contributed by atoms with Crippen molar-refractivity contribution in [1.82, 2.24) is 20.2 Å². The van der Waals surface area contributed by atoms with Gasteiger partial charge in [-0.25, -0.2) is 9.97 Å². The van der Waals surface area contributed by atoms with Crippen LogP contribution in [0.1, 0.15) is 36.2 Å². The Morgan fingerprint density at radius 2 is 1.97 bits per heavy atom. The highest BCUT2D eigenvalue weighted by atomic mass is 32.2. The highest BCUT2D eigenvalue weighted by Gasteiger charge is 2.40. The lowest BCUT2D eigenvalue weighted by atomic mass is 9.97. The minimum atomic E-state index is -0.0788. The number of aromatic nitrogens is 2. The van der Waals surface area contributed by atoms with Gasteiger partial charge in [-0.3, -0.25) is 4.99 Å². The Morgan fingerprint density at radius 1 is 1.10 bits per heavy atom. The van der Waals surface area contributed by atoms with Gasteiger partial charge in [0.2, 0.25) is 5.95 Å². The van der Waals surface area contributed by atoms with Crippen LogP contribution < -0.4 is 20.1 Å². The highest BCUT2D eigenvalue weighted by molar-refractivity contribution is 8.16. The largest absolute Gasteiger partial charge is 0.486 e. The monoisotopic (exact) mass is 436 g/mol. The standard InChI is InChI=1S/C22H24N6O2S/c1-2-17-18(30-11-10-29-17)13-14(1)19-20(28-9-12-31-22(28)27-19)16-5-8-24-21(26-16)25-15-3-6-23-7-4-15/h1-2,5,8-9,12-13,15,19-20,23H,3-4,6-7,10-11H2,(H,24,25,26). The van der Waals surface area contributed by atoms with Crippen LogP contribution in [0.15, 0.2) is 47.1 Å². The van der Waals surface area contributed by atoms with Crippen molar-refractivity contribution >= 4 is 22.9 Å². The number of aliphatic imine (C=N–C) groups is 1. The van der Waals surface area contributed by atoms with Crippen molar-refractivity contribution in [2.24, 2.45) is 4.99 Å². The molecule has 160 valence electrons. The number of thioether (sulfide) groups is 1. The number of anilines is 1. The first-order valence-electron chi connectivity index (χ1n) is 10.7. The Hall–Kier alpha value is -2.78. The molecule has 1 aromatic heterocycles. The third-order valence-electron chi connectivity index (χ3n) is 6.02. The molecule has 6 rings (SSSR count). The molecule has 0 amide bonds. The third-order valence-corrected chi connectivity index (χ3v) is 6.81. The fraction of sp³-hybridized carbons (Fsp3) is 0.409. The molecule has 0 saturated carbocycles. The number of ether oxygens (including phenoxy) is 2. The summed E-state index contributed by atoms with van der Waals surface area (Å²) in [5.74, 6) is 2.27. The maximum absolute atomic E-state index is 5.82. The van der Waals surface area contributed by atoms with E-state index in [1.807, 2.05) is 18.3 Å². The van der Waals surface area contributed by atoms with E-state index in [0.717, 1.165) is 53.9 Å². The van der Waals surface area contributed by atoms with E-state index in [-0.39, 0.29) is 12.1 Å². The van der Waals surface area contributed by atoms with Gasteiger partial charge in [-0.15, -0.1) is 0 Å². The van der Waals surface area contributed by atoms with E-state index in [0.29, 0.717) is 25.2 Å². The minimum absolute atomic E-state index is 0.0274. The molecule has 1 aromatic carbocycles. The molecule has 0 radical (unpaired) electrons. The van der Waals surface area contributed by atoms with Crippen LogP contribution in [-0.2, 0) is 0 Å². The molecule has 5 heterocycles. The minimum Gasteiger partial charge on any atom is -0.486 e. The van der Waals surface area contributed by atoms with Gasteiger partial charge in [0.1, 0.15) is 25.3 Å². The molecule has 2 N–H and O–H groups in total. The molecule has 2 unspecified atom stereocenters. The maximum atomic E-state index is 5.82. The first-order valence-corrected chi connectivity index (χ1v) is 11.6. The average molecular weight is 437 g/mol. The molecule has 9 heteroatoms. The van der Waals surface area contributed by atoms with Crippen LogP contribution in [-0.4, -0.2) is 52.4 Å². The lowest BCUT2D eigenvalue weighted by molar-refractivity contribution is 0.171. The quantitative estimate of drug-likeness (QED) is 0.757. The fourth-order valence-corrected chi connectivity index (χ4v) is 5.28. The summed E-state index contributed by atoms with van der Waals surface area (Å²) in [7, 11) is 0. The van der Waals surface area contributed by atoms with Gasteiger partial charge < -0.3 is 25.0 Å². The number of piperidine rings is 1. The number of fused-ring (bicyclic) bond motifs is 2. The zero-order valence-corrected chi connectivity index (χ0v) is 17.8. The van der Waals surface area contributed by atoms with Gasteiger partial charge in [-0.2, -0.15) is 0 Å². The Kier molecular flexibility index (Phi) is 4.92. The Morgan fingerprint density at radius 3 is 2.87 bits per heavy atom. The zero-order valence-electron chi connectivity index (χ0n) is 17.0. The van der Waals surface area contributed by atoms with Crippen molar-refractivity contribution in [2.45, 2.75) is 31.0 Å². The first-order chi connectivity index (χ1) is 15.3. The molecule has 0 bridgehead atoms. The molecule has 0 spiro atoms. The van der Waals surface area contributed by atoms with Gasteiger partial charge >= 0.3 is 0 Å². The Balaban J connectivity index is 1.32. The van der Waals surface area contributed by atoms with Gasteiger partial charge in [-0.1, -0.05) is 17.8 Å². The van der Waals surface area contributed by atoms with Gasteiger partial charge in [0.15, 0.2) is 16.7 Å². The van der Waals surface area contributed by atoms with Crippen LogP contribution >= 0.6 is 11.8 Å². The molecule has 8 nitrogen and oxygen atoms in total. The van der Waals surface area contributed by atoms with E-state index in [9.17, 15) is 0 Å². The van der Waals surface area contributed by atoms with Crippen LogP contribution in [0.4, 0.5) is 5.95 Å². The van der Waals surface area contributed by atoms with E-state index >= 15 is 0 Å². The Labute approximate surface area is 185 Å². The molecular weight excluding hydrogens is 412 g/mol. The second-order valence-electron chi connectivity index (χ2n) is 7.99. The number of hydrogen-bond donors (Lipinski definition) is 2. The number of nitrogens with one attached hydrogen (secondary N) is 2. The fourth-order valence-electron chi connectivity index (χ4n) is 4.49. The number of rotatable bonds is 4. The van der Waals surface area contributed by atoms with Crippen LogP contribution in [0.25, 0.3) is 0 Å². The van der Waals surface area contributed by atoms with Crippen molar-refractivity contribution < 1.29 is 9.47 Å².